The van der Waals surface area contributed by atoms with Crippen molar-refractivity contribution in [2.75, 3.05) is 33.0 Å². The minimum Gasteiger partial charge on any atom is -0.469 e. The van der Waals surface area contributed by atoms with Crippen LogP contribution >= 0.6 is 0 Å². The minimum absolute atomic E-state index is 0.0264. The van der Waals surface area contributed by atoms with Gasteiger partial charge in [-0.25, -0.2) is 4.79 Å². The Bertz CT molecular complexity index is 524. The largest absolute Gasteiger partial charge is 0.469 e. The molecular formula is C16H26N2O4S. The predicted molar refractivity (Wildman–Crippen MR) is 87.4 cm³/mol. The van der Waals surface area contributed by atoms with E-state index in [1.54, 1.807) is 6.26 Å². The molecule has 0 bridgehead atoms. The van der Waals surface area contributed by atoms with Crippen LogP contribution in [0.2, 0.25) is 0 Å². The molecule has 0 aromatic carbocycles. The maximum Gasteiger partial charge on any atom is 0.317 e. The van der Waals surface area contributed by atoms with Crippen molar-refractivity contribution in [3.8, 4) is 0 Å². The number of rotatable bonds is 4. The standard InChI is InChI=1S/C16H26N2O4S/c1-22-13(19)12-10-15(12)6-8-18(9-7-15)14(20)17-11-16(23(2)21)4-3-5-16/h12H,3-11H2,1-2H3,(H,17,20)/t12-,23+/m0/s1. The molecule has 1 N–H and O–H groups in total. The molecule has 1 saturated heterocycles. The summed E-state index contributed by atoms with van der Waals surface area (Å²) in [6.07, 6.45) is 7.32. The van der Waals surface area contributed by atoms with Gasteiger partial charge in [0, 0.05) is 36.7 Å². The molecule has 2 saturated carbocycles. The average molecular weight is 342 g/mol. The molecule has 1 heterocycles. The molecule has 1 aliphatic heterocycles. The van der Waals surface area contributed by atoms with Gasteiger partial charge in [-0.15, -0.1) is 0 Å². The molecule has 2 aliphatic carbocycles. The number of carbonyl (C=O) groups is 2. The van der Waals surface area contributed by atoms with Crippen molar-refractivity contribution in [3.63, 3.8) is 0 Å². The van der Waals surface area contributed by atoms with Crippen molar-refractivity contribution < 1.29 is 18.5 Å². The van der Waals surface area contributed by atoms with Gasteiger partial charge >= 0.3 is 12.0 Å². The zero-order valence-corrected chi connectivity index (χ0v) is 14.7. The lowest BCUT2D eigenvalue weighted by molar-refractivity contribution is -0.143. The number of nitrogens with one attached hydrogen (secondary N) is 1. The summed E-state index contributed by atoms with van der Waals surface area (Å²) >= 11 is 0. The highest BCUT2D eigenvalue weighted by Gasteiger charge is 2.59. The first-order valence-corrected chi connectivity index (χ1v) is 9.92. The van der Waals surface area contributed by atoms with Crippen LogP contribution in [-0.2, 0) is 20.3 Å². The van der Waals surface area contributed by atoms with Crippen LogP contribution in [0.1, 0.15) is 38.5 Å². The van der Waals surface area contributed by atoms with Gasteiger partial charge in [0.15, 0.2) is 0 Å². The Labute approximate surface area is 139 Å². The van der Waals surface area contributed by atoms with Gasteiger partial charge in [0.1, 0.15) is 0 Å². The molecule has 6 nitrogen and oxygen atoms in total. The lowest BCUT2D eigenvalue weighted by Gasteiger charge is -2.40. The highest BCUT2D eigenvalue weighted by Crippen LogP contribution is 2.59. The normalized spacial score (nSPS) is 28.6. The van der Waals surface area contributed by atoms with Crippen LogP contribution in [-0.4, -0.2) is 58.9 Å². The van der Waals surface area contributed by atoms with Gasteiger partial charge < -0.3 is 15.0 Å². The molecule has 0 radical (unpaired) electrons. The maximum atomic E-state index is 12.3. The van der Waals surface area contributed by atoms with Crippen molar-refractivity contribution in [1.82, 2.24) is 10.2 Å². The summed E-state index contributed by atoms with van der Waals surface area (Å²) in [6, 6.07) is -0.0631. The van der Waals surface area contributed by atoms with Crippen LogP contribution in [0.5, 0.6) is 0 Å². The third-order valence-electron chi connectivity index (χ3n) is 6.16. The van der Waals surface area contributed by atoms with E-state index in [1.807, 2.05) is 4.90 Å². The van der Waals surface area contributed by atoms with Gasteiger partial charge in [-0.3, -0.25) is 9.00 Å². The lowest BCUT2D eigenvalue weighted by Crippen LogP contribution is -2.54. The zero-order chi connectivity index (χ0) is 16.7. The first-order valence-electron chi connectivity index (χ1n) is 8.37. The molecule has 1 spiro atoms. The molecule has 0 aromatic heterocycles. The van der Waals surface area contributed by atoms with E-state index in [9.17, 15) is 13.8 Å². The van der Waals surface area contributed by atoms with E-state index >= 15 is 0 Å². The Balaban J connectivity index is 1.46. The Morgan fingerprint density at radius 1 is 1.26 bits per heavy atom. The smallest absolute Gasteiger partial charge is 0.317 e. The van der Waals surface area contributed by atoms with Crippen LogP contribution in [0.3, 0.4) is 0 Å². The van der Waals surface area contributed by atoms with Crippen LogP contribution in [0.4, 0.5) is 4.79 Å². The number of nitrogens with zero attached hydrogens (tertiary/aromatic N) is 1. The van der Waals surface area contributed by atoms with Crippen LogP contribution in [0, 0.1) is 11.3 Å². The summed E-state index contributed by atoms with van der Waals surface area (Å²) in [4.78, 5) is 25.8. The first-order chi connectivity index (χ1) is 10.9. The second kappa shape index (κ2) is 6.07. The number of urea groups is 1. The second-order valence-corrected chi connectivity index (χ2v) is 9.05. The van der Waals surface area contributed by atoms with Crippen LogP contribution in [0.15, 0.2) is 0 Å². The van der Waals surface area contributed by atoms with E-state index in [-0.39, 0.29) is 28.1 Å². The quantitative estimate of drug-likeness (QED) is 0.781. The van der Waals surface area contributed by atoms with Gasteiger partial charge in [0.2, 0.25) is 0 Å². The van der Waals surface area contributed by atoms with E-state index in [0.717, 1.165) is 38.5 Å². The van der Waals surface area contributed by atoms with Gasteiger partial charge in [-0.05, 0) is 37.5 Å². The fourth-order valence-corrected chi connectivity index (χ4v) is 5.16. The molecule has 3 rings (SSSR count). The molecule has 7 heteroatoms. The number of ether oxygens (including phenoxy) is 1. The number of amides is 2. The molecule has 3 aliphatic rings. The molecule has 0 unspecified atom stereocenters. The summed E-state index contributed by atoms with van der Waals surface area (Å²) in [6.45, 7) is 1.87. The Kier molecular flexibility index (Phi) is 4.42. The molecule has 130 valence electrons. The van der Waals surface area contributed by atoms with E-state index in [0.29, 0.717) is 19.6 Å². The van der Waals surface area contributed by atoms with Gasteiger partial charge in [-0.1, -0.05) is 6.42 Å². The van der Waals surface area contributed by atoms with E-state index in [2.05, 4.69) is 5.32 Å². The number of likely N-dealkylation sites (tertiary alicyclic amines) is 1. The van der Waals surface area contributed by atoms with Gasteiger partial charge in [-0.2, -0.15) is 0 Å². The highest BCUT2D eigenvalue weighted by molar-refractivity contribution is 7.85. The molecule has 23 heavy (non-hydrogen) atoms. The van der Waals surface area contributed by atoms with E-state index in [4.69, 9.17) is 4.74 Å². The fraction of sp³-hybridized carbons (Fsp3) is 0.875. The molecule has 3 fully saturated rings. The van der Waals surface area contributed by atoms with Gasteiger partial charge in [0.05, 0.1) is 17.8 Å². The van der Waals surface area contributed by atoms with Crippen molar-refractivity contribution in [1.29, 1.82) is 0 Å². The molecule has 2 atom stereocenters. The number of methoxy groups -OCH3 is 1. The summed E-state index contributed by atoms with van der Waals surface area (Å²) in [5.74, 6) is -0.0845. The van der Waals surface area contributed by atoms with Crippen molar-refractivity contribution in [2.24, 2.45) is 11.3 Å². The molecule has 2 amide bonds. The van der Waals surface area contributed by atoms with Crippen molar-refractivity contribution in [2.45, 2.75) is 43.3 Å². The maximum absolute atomic E-state index is 12.3. The number of hydrogen-bond acceptors (Lipinski definition) is 4. The third-order valence-corrected chi connectivity index (χ3v) is 7.93. The van der Waals surface area contributed by atoms with E-state index < -0.39 is 10.8 Å². The Hall–Kier alpha value is -1.11. The second-order valence-electron chi connectivity index (χ2n) is 7.28. The summed E-state index contributed by atoms with van der Waals surface area (Å²) in [5, 5.41) is 2.97. The fourth-order valence-electron chi connectivity index (χ4n) is 4.02. The van der Waals surface area contributed by atoms with Crippen LogP contribution < -0.4 is 5.32 Å². The Morgan fingerprint density at radius 3 is 2.39 bits per heavy atom. The highest BCUT2D eigenvalue weighted by atomic mass is 32.2. The summed E-state index contributed by atoms with van der Waals surface area (Å²) in [7, 11) is 0.534. The third kappa shape index (κ3) is 2.99. The number of esters is 1. The number of piperidine rings is 1. The lowest BCUT2D eigenvalue weighted by atomic mass is 9.84. The minimum atomic E-state index is -0.902. The first kappa shape index (κ1) is 16.7. The predicted octanol–water partition coefficient (Wildman–Crippen LogP) is 1.27. The average Bonchev–Trinajstić information content (AvgIpc) is 3.19. The zero-order valence-electron chi connectivity index (χ0n) is 13.9. The monoisotopic (exact) mass is 342 g/mol. The summed E-state index contributed by atoms with van der Waals surface area (Å²) in [5.41, 5.74) is 0.0734. The number of carbonyl (C=O) groups excluding carboxylic acids is 2. The van der Waals surface area contributed by atoms with Crippen molar-refractivity contribution >= 4 is 22.8 Å². The van der Waals surface area contributed by atoms with Gasteiger partial charge in [0.25, 0.3) is 0 Å². The van der Waals surface area contributed by atoms with Crippen LogP contribution in [0.25, 0.3) is 0 Å². The Morgan fingerprint density at radius 2 is 1.91 bits per heavy atom. The number of hydrogen-bond donors (Lipinski definition) is 1. The molecular weight excluding hydrogens is 316 g/mol. The molecule has 0 aromatic rings. The van der Waals surface area contributed by atoms with E-state index in [1.165, 1.54) is 7.11 Å². The topological polar surface area (TPSA) is 75.7 Å². The SMILES string of the molecule is COC(=O)[C@@H]1CC12CCN(C(=O)NCC1([S@@](C)=O)CCC1)CC2. The summed E-state index contributed by atoms with van der Waals surface area (Å²) < 4.78 is 16.5. The van der Waals surface area contributed by atoms with Crippen molar-refractivity contribution in [3.05, 3.63) is 0 Å².